The number of rotatable bonds is 25. The number of carboxylic acid groups (broad SMARTS) is 1. The summed E-state index contributed by atoms with van der Waals surface area (Å²) in [5.41, 5.74) is 0.185. The highest BCUT2D eigenvalue weighted by Crippen LogP contribution is 2.33. The van der Waals surface area contributed by atoms with E-state index in [1.807, 2.05) is 59.6 Å². The lowest BCUT2D eigenvalue weighted by Gasteiger charge is -2.40. The number of nitrogens with one attached hydrogen (secondary N) is 3. The Morgan fingerprint density at radius 3 is 2.32 bits per heavy atom. The smallest absolute Gasteiger partial charge is 0.309 e. The minimum absolute atomic E-state index is 0.0489. The molecule has 14 nitrogen and oxygen atoms in total. The van der Waals surface area contributed by atoms with E-state index in [-0.39, 0.29) is 66.4 Å². The van der Waals surface area contributed by atoms with Crippen molar-refractivity contribution in [3.8, 4) is 5.75 Å². The topological polar surface area (TPSA) is 190 Å². The molecule has 0 spiro atoms. The van der Waals surface area contributed by atoms with Gasteiger partial charge in [-0.15, -0.1) is 11.3 Å². The van der Waals surface area contributed by atoms with Crippen LogP contribution in [0.4, 0.5) is 5.69 Å². The molecule has 6 atom stereocenters. The van der Waals surface area contributed by atoms with Gasteiger partial charge in [-0.25, -0.2) is 4.98 Å². The highest BCUT2D eigenvalue weighted by atomic mass is 32.1. The fourth-order valence-corrected chi connectivity index (χ4v) is 8.98. The van der Waals surface area contributed by atoms with Crippen molar-refractivity contribution in [1.82, 2.24) is 25.4 Å². The van der Waals surface area contributed by atoms with Crippen LogP contribution in [-0.2, 0) is 30.3 Å². The summed E-state index contributed by atoms with van der Waals surface area (Å²) in [7, 11) is 1.96. The van der Waals surface area contributed by atoms with Gasteiger partial charge in [-0.1, -0.05) is 72.8 Å². The second-order valence-electron chi connectivity index (χ2n) is 18.6. The Morgan fingerprint density at radius 2 is 1.74 bits per heavy atom. The van der Waals surface area contributed by atoms with Crippen molar-refractivity contribution in [3.05, 3.63) is 39.8 Å². The van der Waals surface area contributed by atoms with Gasteiger partial charge in [0, 0.05) is 43.4 Å². The van der Waals surface area contributed by atoms with Gasteiger partial charge in [0.15, 0.2) is 6.10 Å². The number of esters is 1. The van der Waals surface area contributed by atoms with E-state index in [2.05, 4.69) is 32.8 Å². The second kappa shape index (κ2) is 24.6. The molecule has 2 heterocycles. The number of thiazole rings is 1. The molecule has 1 fully saturated rings. The predicted molar refractivity (Wildman–Crippen MR) is 245 cm³/mol. The molecule has 3 amide bonds. The molecule has 348 valence electrons. The fraction of sp³-hybridized carbons (Fsp3) is 0.702. The number of amides is 3. The molecule has 2 aromatic rings. The molecule has 1 aliphatic rings. The van der Waals surface area contributed by atoms with Crippen molar-refractivity contribution in [2.45, 2.75) is 176 Å². The van der Waals surface area contributed by atoms with E-state index >= 15 is 0 Å². The molecule has 3 rings (SSSR count). The van der Waals surface area contributed by atoms with Crippen LogP contribution in [0.15, 0.2) is 23.6 Å². The first-order chi connectivity index (χ1) is 29.2. The van der Waals surface area contributed by atoms with Crippen LogP contribution in [0.25, 0.3) is 0 Å². The summed E-state index contributed by atoms with van der Waals surface area (Å²) in [6.07, 6.45) is 6.87. The standard InChI is InChI=1S/C47H76N6O8S/c1-12-14-15-17-23-53(45(58)41(31(7)13-2)51-43(57)37-19-16-18-22-52(37)11)38(29(3)4)26-40(61-32(8)54)44-50-36(28-62-44)42(56)49-34(27-47(9,10)46(59)60)24-33-20-21-35(39(55)25-33)48-30(5)6/h20-21,25,28-31,34,37-38,40-41,48,55H,12-19,22-24,26-27H2,1-11H3,(H,49,56)(H,51,57)(H,59,60)/t31-,34?,37+,38+,40+,41-/m0/s1. The van der Waals surface area contributed by atoms with E-state index in [1.54, 1.807) is 31.4 Å². The first-order valence-corrected chi connectivity index (χ1v) is 23.6. The first-order valence-electron chi connectivity index (χ1n) is 22.7. The summed E-state index contributed by atoms with van der Waals surface area (Å²) < 4.78 is 5.93. The number of unbranched alkanes of at least 4 members (excludes halogenated alkanes) is 3. The fourth-order valence-electron chi connectivity index (χ4n) is 8.14. The molecule has 5 N–H and O–H groups in total. The largest absolute Gasteiger partial charge is 0.506 e. The normalized spacial score (nSPS) is 17.1. The Kier molecular flexibility index (Phi) is 20.6. The molecule has 1 saturated heterocycles. The number of carbonyl (C=O) groups is 5. The minimum Gasteiger partial charge on any atom is -0.506 e. The van der Waals surface area contributed by atoms with Gasteiger partial charge >= 0.3 is 11.9 Å². The maximum absolute atomic E-state index is 14.9. The summed E-state index contributed by atoms with van der Waals surface area (Å²) in [6, 6.07) is 3.22. The van der Waals surface area contributed by atoms with Crippen molar-refractivity contribution >= 4 is 46.7 Å². The van der Waals surface area contributed by atoms with Crippen molar-refractivity contribution < 1.29 is 38.9 Å². The van der Waals surface area contributed by atoms with Gasteiger partial charge in [0.25, 0.3) is 5.91 Å². The first kappa shape index (κ1) is 52.1. The third-order valence-corrected chi connectivity index (χ3v) is 12.9. The number of likely N-dealkylation sites (N-methyl/N-ethyl adjacent to an activating group) is 1. The van der Waals surface area contributed by atoms with Crippen LogP contribution in [-0.4, -0.2) is 105 Å². The number of aliphatic carboxylic acids is 1. The average molecular weight is 885 g/mol. The van der Waals surface area contributed by atoms with E-state index in [1.165, 1.54) is 18.3 Å². The Labute approximate surface area is 374 Å². The van der Waals surface area contributed by atoms with Crippen LogP contribution in [0.3, 0.4) is 0 Å². The monoisotopic (exact) mass is 885 g/mol. The van der Waals surface area contributed by atoms with E-state index < -0.39 is 47.5 Å². The average Bonchev–Trinajstić information content (AvgIpc) is 3.70. The lowest BCUT2D eigenvalue weighted by atomic mass is 9.84. The molecular formula is C47H76N6O8S. The number of likely N-dealkylation sites (tertiary alicyclic amines) is 1. The molecule has 1 unspecified atom stereocenters. The number of carboxylic acids is 1. The lowest BCUT2D eigenvalue weighted by molar-refractivity contribution is -0.150. The number of hydrogen-bond acceptors (Lipinski definition) is 11. The van der Waals surface area contributed by atoms with Crippen molar-refractivity contribution in [2.75, 3.05) is 25.5 Å². The molecule has 15 heteroatoms. The molecule has 62 heavy (non-hydrogen) atoms. The highest BCUT2D eigenvalue weighted by molar-refractivity contribution is 7.09. The van der Waals surface area contributed by atoms with Crippen molar-refractivity contribution in [2.24, 2.45) is 17.3 Å². The van der Waals surface area contributed by atoms with Crippen molar-refractivity contribution in [3.63, 3.8) is 0 Å². The number of aromatic nitrogens is 1. The van der Waals surface area contributed by atoms with Crippen LogP contribution in [0.2, 0.25) is 0 Å². The van der Waals surface area contributed by atoms with Gasteiger partial charge in [-0.2, -0.15) is 0 Å². The van der Waals surface area contributed by atoms with Gasteiger partial charge in [0.1, 0.15) is 22.5 Å². The van der Waals surface area contributed by atoms with Gasteiger partial charge in [0.05, 0.1) is 17.1 Å². The van der Waals surface area contributed by atoms with Gasteiger partial charge in [-0.3, -0.25) is 28.9 Å². The third-order valence-electron chi connectivity index (χ3n) is 12.0. The third kappa shape index (κ3) is 15.5. The SMILES string of the molecule is CCCCCCN(C(=O)[C@@H](NC(=O)[C@H]1CCCCN1C)[C@@H](C)CC)[C@H](C[C@@H](OC(C)=O)c1nc(C(=O)NC(Cc2ccc(NC(C)C)c(O)c2)CC(C)(C)C(=O)O)cs1)C(C)C. The summed E-state index contributed by atoms with van der Waals surface area (Å²) in [6.45, 7) is 20.0. The van der Waals surface area contributed by atoms with E-state index in [0.29, 0.717) is 29.2 Å². The number of phenols is 1. The van der Waals surface area contributed by atoms with E-state index in [9.17, 15) is 34.2 Å². The Balaban J connectivity index is 1.95. The number of phenolic OH excluding ortho intramolecular Hbond substituents is 1. The van der Waals surface area contributed by atoms with Crippen LogP contribution >= 0.6 is 11.3 Å². The van der Waals surface area contributed by atoms with Crippen LogP contribution in [0, 0.1) is 17.3 Å². The number of benzene rings is 1. The molecule has 1 aromatic heterocycles. The Hall–Kier alpha value is -4.24. The molecule has 1 aromatic carbocycles. The molecule has 0 radical (unpaired) electrons. The van der Waals surface area contributed by atoms with Crippen LogP contribution in [0.5, 0.6) is 5.75 Å². The Morgan fingerprint density at radius 1 is 1.03 bits per heavy atom. The zero-order valence-electron chi connectivity index (χ0n) is 39.2. The Bertz CT molecular complexity index is 1780. The second-order valence-corrected chi connectivity index (χ2v) is 19.5. The summed E-state index contributed by atoms with van der Waals surface area (Å²) in [5, 5.41) is 32.0. The van der Waals surface area contributed by atoms with Crippen LogP contribution < -0.4 is 16.0 Å². The summed E-state index contributed by atoms with van der Waals surface area (Å²) in [5.74, 6) is -2.51. The molecular weight excluding hydrogens is 809 g/mol. The number of aromatic hydroxyl groups is 1. The molecule has 0 aliphatic carbocycles. The maximum Gasteiger partial charge on any atom is 0.309 e. The highest BCUT2D eigenvalue weighted by Gasteiger charge is 2.39. The van der Waals surface area contributed by atoms with Gasteiger partial charge in [-0.05, 0) is 103 Å². The summed E-state index contributed by atoms with van der Waals surface area (Å²) in [4.78, 5) is 76.1. The van der Waals surface area contributed by atoms with E-state index in [4.69, 9.17) is 4.74 Å². The predicted octanol–water partition coefficient (Wildman–Crippen LogP) is 7.95. The number of anilines is 1. The van der Waals surface area contributed by atoms with Gasteiger partial charge < -0.3 is 35.8 Å². The summed E-state index contributed by atoms with van der Waals surface area (Å²) >= 11 is 1.17. The zero-order chi connectivity index (χ0) is 46.3. The number of hydrogen-bond donors (Lipinski definition) is 5. The van der Waals surface area contributed by atoms with Gasteiger partial charge in [0.2, 0.25) is 11.8 Å². The molecule has 0 saturated carbocycles. The number of nitrogens with zero attached hydrogens (tertiary/aromatic N) is 3. The molecule has 0 bridgehead atoms. The quantitative estimate of drug-likeness (QED) is 0.0370. The number of carbonyl (C=O) groups excluding carboxylic acids is 4. The van der Waals surface area contributed by atoms with E-state index in [0.717, 1.165) is 51.5 Å². The van der Waals surface area contributed by atoms with Crippen molar-refractivity contribution in [1.29, 1.82) is 0 Å². The number of piperidine rings is 1. The zero-order valence-corrected chi connectivity index (χ0v) is 40.0. The lowest BCUT2D eigenvalue weighted by Crippen LogP contribution is -2.59. The van der Waals surface area contributed by atoms with Crippen LogP contribution in [0.1, 0.15) is 161 Å². The maximum atomic E-state index is 14.9. The minimum atomic E-state index is -1.18. The number of ether oxygens (including phenoxy) is 1. The molecule has 1 aliphatic heterocycles.